The molecule has 0 aliphatic rings. The van der Waals surface area contributed by atoms with Crippen molar-refractivity contribution in [2.75, 3.05) is 0 Å². The first-order valence-electron chi connectivity index (χ1n) is 7.84. The highest BCUT2D eigenvalue weighted by atomic mass is 32.2. The molecule has 116 valence electrons. The minimum absolute atomic E-state index is 0.240. The summed E-state index contributed by atoms with van der Waals surface area (Å²) in [5.41, 5.74) is 6.29. The molecule has 0 amide bonds. The number of aryl methyl sites for hydroxylation is 3. The Labute approximate surface area is 138 Å². The zero-order chi connectivity index (χ0) is 16.1. The van der Waals surface area contributed by atoms with Gasteiger partial charge in [-0.3, -0.25) is 4.79 Å². The monoisotopic (exact) mass is 312 g/mol. The Kier molecular flexibility index (Phi) is 5.84. The van der Waals surface area contributed by atoms with Gasteiger partial charge in [-0.15, -0.1) is 11.8 Å². The predicted octanol–water partition coefficient (Wildman–Crippen LogP) is 5.89. The molecule has 0 saturated heterocycles. The van der Waals surface area contributed by atoms with Gasteiger partial charge in [0.2, 0.25) is 0 Å². The van der Waals surface area contributed by atoms with Gasteiger partial charge in [-0.2, -0.15) is 0 Å². The lowest BCUT2D eigenvalue weighted by atomic mass is 10.0. The summed E-state index contributed by atoms with van der Waals surface area (Å²) in [4.78, 5) is 13.1. The van der Waals surface area contributed by atoms with Gasteiger partial charge in [-0.05, 0) is 56.0 Å². The number of carbonyl (C=O) groups excluding carboxylic acids is 1. The van der Waals surface area contributed by atoms with Gasteiger partial charge in [0.15, 0.2) is 5.78 Å². The topological polar surface area (TPSA) is 17.1 Å². The van der Waals surface area contributed by atoms with Crippen molar-refractivity contribution >= 4 is 17.5 Å². The summed E-state index contributed by atoms with van der Waals surface area (Å²) in [6.07, 6.45) is 1.54. The van der Waals surface area contributed by atoms with Gasteiger partial charge in [0.25, 0.3) is 0 Å². The minimum atomic E-state index is 0.240. The molecule has 0 spiro atoms. The third-order valence-corrected chi connectivity index (χ3v) is 4.92. The Morgan fingerprint density at radius 1 is 1.00 bits per heavy atom. The molecule has 0 fully saturated rings. The molecule has 0 bridgehead atoms. The fourth-order valence-electron chi connectivity index (χ4n) is 2.70. The number of benzene rings is 2. The van der Waals surface area contributed by atoms with Gasteiger partial charge in [-0.25, -0.2) is 0 Å². The van der Waals surface area contributed by atoms with Crippen LogP contribution < -0.4 is 0 Å². The largest absolute Gasteiger partial charge is 0.294 e. The molecule has 0 aromatic heterocycles. The third-order valence-electron chi connectivity index (χ3n) is 3.88. The fourth-order valence-corrected chi connectivity index (χ4v) is 3.80. The Hall–Kier alpha value is -1.54. The van der Waals surface area contributed by atoms with Crippen LogP contribution in [0, 0.1) is 20.8 Å². The first-order valence-corrected chi connectivity index (χ1v) is 8.82. The number of hydrogen-bond donors (Lipinski definition) is 0. The van der Waals surface area contributed by atoms with Crippen LogP contribution in [0.15, 0.2) is 41.3 Å². The normalized spacial score (nSPS) is 10.7. The first kappa shape index (κ1) is 16.8. The second kappa shape index (κ2) is 7.64. The van der Waals surface area contributed by atoms with E-state index in [1.165, 1.54) is 27.1 Å². The Bertz CT molecular complexity index is 633. The molecule has 0 saturated carbocycles. The second-order valence-electron chi connectivity index (χ2n) is 5.86. The molecule has 2 aromatic rings. The standard InChI is InChI=1S/C20H24OS/c1-5-6-20(21)17-7-9-18(10-8-17)22-13-19-15(3)11-14(2)12-16(19)4/h7-12H,5-6,13H2,1-4H3. The molecule has 2 heteroatoms. The van der Waals surface area contributed by atoms with Crippen molar-refractivity contribution in [3.63, 3.8) is 0 Å². The molecule has 0 heterocycles. The molecule has 22 heavy (non-hydrogen) atoms. The number of thioether (sulfide) groups is 1. The van der Waals surface area contributed by atoms with E-state index in [-0.39, 0.29) is 5.78 Å². The van der Waals surface area contributed by atoms with Crippen molar-refractivity contribution < 1.29 is 4.79 Å². The number of ketones is 1. The maximum Gasteiger partial charge on any atom is 0.162 e. The van der Waals surface area contributed by atoms with E-state index in [0.717, 1.165) is 17.7 Å². The highest BCUT2D eigenvalue weighted by Crippen LogP contribution is 2.27. The van der Waals surface area contributed by atoms with Crippen LogP contribution in [-0.4, -0.2) is 5.78 Å². The number of Topliss-reactive ketones (excluding diaryl/α,β-unsaturated/α-hetero) is 1. The number of hydrogen-bond acceptors (Lipinski definition) is 2. The predicted molar refractivity (Wildman–Crippen MR) is 95.9 cm³/mol. The van der Waals surface area contributed by atoms with Crippen molar-refractivity contribution in [1.29, 1.82) is 0 Å². The zero-order valence-corrected chi connectivity index (χ0v) is 14.7. The van der Waals surface area contributed by atoms with E-state index in [9.17, 15) is 4.79 Å². The lowest BCUT2D eigenvalue weighted by Crippen LogP contribution is -1.97. The summed E-state index contributed by atoms with van der Waals surface area (Å²) < 4.78 is 0. The lowest BCUT2D eigenvalue weighted by Gasteiger charge is -2.11. The third kappa shape index (κ3) is 4.23. The van der Waals surface area contributed by atoms with Crippen LogP contribution in [0.5, 0.6) is 0 Å². The van der Waals surface area contributed by atoms with Gasteiger partial charge in [0.05, 0.1) is 0 Å². The van der Waals surface area contributed by atoms with E-state index >= 15 is 0 Å². The molecular weight excluding hydrogens is 288 g/mol. The summed E-state index contributed by atoms with van der Waals surface area (Å²) in [5, 5.41) is 0. The molecule has 0 N–H and O–H groups in total. The molecule has 0 aliphatic carbocycles. The molecule has 1 nitrogen and oxygen atoms in total. The van der Waals surface area contributed by atoms with E-state index < -0.39 is 0 Å². The van der Waals surface area contributed by atoms with Crippen LogP contribution in [0.3, 0.4) is 0 Å². The van der Waals surface area contributed by atoms with Crippen LogP contribution in [0.4, 0.5) is 0 Å². The Morgan fingerprint density at radius 3 is 2.14 bits per heavy atom. The molecule has 0 unspecified atom stereocenters. The van der Waals surface area contributed by atoms with E-state index in [4.69, 9.17) is 0 Å². The van der Waals surface area contributed by atoms with Crippen molar-refractivity contribution in [3.05, 3.63) is 64.2 Å². The van der Waals surface area contributed by atoms with Crippen LogP contribution in [-0.2, 0) is 5.75 Å². The number of carbonyl (C=O) groups is 1. The SMILES string of the molecule is CCCC(=O)c1ccc(SCc2c(C)cc(C)cc2C)cc1. The number of rotatable bonds is 6. The maximum atomic E-state index is 11.8. The summed E-state index contributed by atoms with van der Waals surface area (Å²) in [5.74, 6) is 1.21. The molecule has 0 radical (unpaired) electrons. The van der Waals surface area contributed by atoms with Crippen molar-refractivity contribution in [3.8, 4) is 0 Å². The van der Waals surface area contributed by atoms with E-state index in [0.29, 0.717) is 6.42 Å². The van der Waals surface area contributed by atoms with Crippen LogP contribution in [0.1, 0.15) is 52.4 Å². The average Bonchev–Trinajstić information content (AvgIpc) is 2.47. The first-order chi connectivity index (χ1) is 10.5. The smallest absolute Gasteiger partial charge is 0.162 e. The summed E-state index contributed by atoms with van der Waals surface area (Å²) in [7, 11) is 0. The van der Waals surface area contributed by atoms with E-state index in [2.05, 4.69) is 45.0 Å². The van der Waals surface area contributed by atoms with Crippen LogP contribution >= 0.6 is 11.8 Å². The highest BCUT2D eigenvalue weighted by molar-refractivity contribution is 7.98. The minimum Gasteiger partial charge on any atom is -0.294 e. The second-order valence-corrected chi connectivity index (χ2v) is 6.91. The Balaban J connectivity index is 2.05. The van der Waals surface area contributed by atoms with Gasteiger partial charge < -0.3 is 0 Å². The molecule has 2 aromatic carbocycles. The van der Waals surface area contributed by atoms with Crippen LogP contribution in [0.25, 0.3) is 0 Å². The van der Waals surface area contributed by atoms with Gasteiger partial charge in [0.1, 0.15) is 0 Å². The molecule has 2 rings (SSSR count). The molecule has 0 aliphatic heterocycles. The van der Waals surface area contributed by atoms with E-state index in [1.54, 1.807) is 0 Å². The van der Waals surface area contributed by atoms with Crippen molar-refractivity contribution in [1.82, 2.24) is 0 Å². The summed E-state index contributed by atoms with van der Waals surface area (Å²) in [6.45, 7) is 8.54. The average molecular weight is 312 g/mol. The fraction of sp³-hybridized carbons (Fsp3) is 0.350. The van der Waals surface area contributed by atoms with Gasteiger partial charge >= 0.3 is 0 Å². The molecular formula is C20H24OS. The Morgan fingerprint density at radius 2 is 1.59 bits per heavy atom. The highest BCUT2D eigenvalue weighted by Gasteiger charge is 2.07. The quantitative estimate of drug-likeness (QED) is 0.489. The summed E-state index contributed by atoms with van der Waals surface area (Å²) in [6, 6.07) is 12.5. The van der Waals surface area contributed by atoms with Crippen LogP contribution in [0.2, 0.25) is 0 Å². The van der Waals surface area contributed by atoms with Gasteiger partial charge in [0, 0.05) is 22.6 Å². The molecule has 0 atom stereocenters. The lowest BCUT2D eigenvalue weighted by molar-refractivity contribution is 0.0981. The van der Waals surface area contributed by atoms with Crippen molar-refractivity contribution in [2.45, 2.75) is 51.2 Å². The van der Waals surface area contributed by atoms with Gasteiger partial charge in [-0.1, -0.05) is 36.8 Å². The van der Waals surface area contributed by atoms with Crippen molar-refractivity contribution in [2.24, 2.45) is 0 Å². The zero-order valence-electron chi connectivity index (χ0n) is 13.9. The maximum absolute atomic E-state index is 11.8. The van der Waals surface area contributed by atoms with E-state index in [1.807, 2.05) is 30.8 Å². The summed E-state index contributed by atoms with van der Waals surface area (Å²) >= 11 is 1.83.